The largest absolute Gasteiger partial charge is 0.481 e. The van der Waals surface area contributed by atoms with E-state index in [0.717, 1.165) is 32.1 Å². The first kappa shape index (κ1) is 13.8. The molecule has 0 aromatic carbocycles. The molecule has 5 nitrogen and oxygen atoms in total. The molecule has 0 aliphatic heterocycles. The summed E-state index contributed by atoms with van der Waals surface area (Å²) in [5.41, 5.74) is -0.497. The second kappa shape index (κ2) is 5.89. The van der Waals surface area contributed by atoms with Gasteiger partial charge in [-0.3, -0.25) is 4.79 Å². The van der Waals surface area contributed by atoms with Crippen molar-refractivity contribution in [1.82, 2.24) is 10.2 Å². The van der Waals surface area contributed by atoms with Gasteiger partial charge in [0.25, 0.3) is 0 Å². The molecule has 1 aliphatic rings. The van der Waals surface area contributed by atoms with Crippen LogP contribution in [0, 0.1) is 0 Å². The topological polar surface area (TPSA) is 69.6 Å². The minimum atomic E-state index is -0.831. The number of carbonyl (C=O) groups is 2. The van der Waals surface area contributed by atoms with Crippen LogP contribution < -0.4 is 5.32 Å². The summed E-state index contributed by atoms with van der Waals surface area (Å²) in [6, 6.07) is -0.171. The highest BCUT2D eigenvalue weighted by atomic mass is 16.4. The highest BCUT2D eigenvalue weighted by Crippen LogP contribution is 2.35. The minimum absolute atomic E-state index is 0.0423. The van der Waals surface area contributed by atoms with Crippen LogP contribution in [-0.2, 0) is 4.79 Å². The molecule has 0 spiro atoms. The fourth-order valence-electron chi connectivity index (χ4n) is 2.61. The molecule has 1 saturated carbocycles. The first-order valence-corrected chi connectivity index (χ1v) is 6.25. The number of carboxylic acid groups (broad SMARTS) is 1. The maximum Gasteiger partial charge on any atom is 0.317 e. The molecule has 0 aromatic heterocycles. The van der Waals surface area contributed by atoms with E-state index in [0.29, 0.717) is 6.54 Å². The molecule has 2 amide bonds. The average Bonchev–Trinajstić information content (AvgIpc) is 2.28. The van der Waals surface area contributed by atoms with Crippen LogP contribution in [0.25, 0.3) is 0 Å². The second-order valence-corrected chi connectivity index (χ2v) is 4.75. The van der Waals surface area contributed by atoms with E-state index in [-0.39, 0.29) is 12.5 Å². The average molecular weight is 242 g/mol. The molecule has 0 radical (unpaired) electrons. The summed E-state index contributed by atoms with van der Waals surface area (Å²) in [6.45, 7) is 2.42. The van der Waals surface area contributed by atoms with E-state index >= 15 is 0 Å². The molecule has 2 N–H and O–H groups in total. The van der Waals surface area contributed by atoms with Crippen LogP contribution in [0.15, 0.2) is 0 Å². The molecule has 0 atom stereocenters. The summed E-state index contributed by atoms with van der Waals surface area (Å²) in [4.78, 5) is 24.5. The Hall–Kier alpha value is -1.26. The lowest BCUT2D eigenvalue weighted by atomic mass is 9.78. The van der Waals surface area contributed by atoms with Gasteiger partial charge in [-0.15, -0.1) is 0 Å². The van der Waals surface area contributed by atoms with Crippen LogP contribution in [-0.4, -0.2) is 41.1 Å². The number of amides is 2. The van der Waals surface area contributed by atoms with Crippen molar-refractivity contribution in [3.8, 4) is 0 Å². The minimum Gasteiger partial charge on any atom is -0.481 e. The van der Waals surface area contributed by atoms with Crippen molar-refractivity contribution >= 4 is 12.0 Å². The fourth-order valence-corrected chi connectivity index (χ4v) is 2.61. The molecule has 17 heavy (non-hydrogen) atoms. The zero-order valence-corrected chi connectivity index (χ0v) is 10.7. The Balaban J connectivity index is 2.80. The van der Waals surface area contributed by atoms with Gasteiger partial charge in [0, 0.05) is 13.6 Å². The van der Waals surface area contributed by atoms with Crippen molar-refractivity contribution in [3.63, 3.8) is 0 Å². The molecule has 0 unspecified atom stereocenters. The fraction of sp³-hybridized carbons (Fsp3) is 0.833. The third kappa shape index (κ3) is 3.35. The van der Waals surface area contributed by atoms with E-state index in [4.69, 9.17) is 5.11 Å². The molecule has 0 saturated heterocycles. The molecular formula is C12H22N2O3. The van der Waals surface area contributed by atoms with E-state index in [2.05, 4.69) is 5.32 Å². The summed E-state index contributed by atoms with van der Waals surface area (Å²) in [5, 5.41) is 11.8. The molecule has 0 heterocycles. The van der Waals surface area contributed by atoms with E-state index in [1.54, 1.807) is 11.9 Å². The van der Waals surface area contributed by atoms with Crippen molar-refractivity contribution in [2.24, 2.45) is 0 Å². The van der Waals surface area contributed by atoms with Gasteiger partial charge in [0.1, 0.15) is 0 Å². The summed E-state index contributed by atoms with van der Waals surface area (Å²) >= 11 is 0. The van der Waals surface area contributed by atoms with Gasteiger partial charge in [0.05, 0.1) is 12.0 Å². The van der Waals surface area contributed by atoms with Gasteiger partial charge in [0.15, 0.2) is 0 Å². The molecule has 1 aliphatic carbocycles. The second-order valence-electron chi connectivity index (χ2n) is 4.75. The van der Waals surface area contributed by atoms with E-state index in [1.165, 1.54) is 0 Å². The Morgan fingerprint density at radius 3 is 2.35 bits per heavy atom. The number of hydrogen-bond donors (Lipinski definition) is 2. The first-order valence-electron chi connectivity index (χ1n) is 6.25. The summed E-state index contributed by atoms with van der Waals surface area (Å²) < 4.78 is 0. The Bertz CT molecular complexity index is 285. The van der Waals surface area contributed by atoms with Gasteiger partial charge in [-0.25, -0.2) is 4.79 Å². The molecule has 5 heteroatoms. The van der Waals surface area contributed by atoms with Crippen molar-refractivity contribution in [1.29, 1.82) is 0 Å². The van der Waals surface area contributed by atoms with Crippen LogP contribution in [0.5, 0.6) is 0 Å². The third-order valence-electron chi connectivity index (χ3n) is 3.61. The molecule has 0 aromatic rings. The molecular weight excluding hydrogens is 220 g/mol. The molecule has 1 fully saturated rings. The Kier molecular flexibility index (Phi) is 4.78. The van der Waals surface area contributed by atoms with Gasteiger partial charge < -0.3 is 15.3 Å². The lowest BCUT2D eigenvalue weighted by Gasteiger charge is -2.43. The summed E-state index contributed by atoms with van der Waals surface area (Å²) in [5.74, 6) is -0.831. The van der Waals surface area contributed by atoms with E-state index in [9.17, 15) is 9.59 Å². The number of carboxylic acids is 1. The lowest BCUT2D eigenvalue weighted by molar-refractivity contribution is -0.140. The van der Waals surface area contributed by atoms with Crippen LogP contribution in [0.2, 0.25) is 0 Å². The maximum absolute atomic E-state index is 11.9. The zero-order valence-electron chi connectivity index (χ0n) is 10.7. The molecule has 98 valence electrons. The van der Waals surface area contributed by atoms with Crippen LogP contribution in [0.4, 0.5) is 4.79 Å². The standard InChI is InChI=1S/C12H22N2O3/c1-3-13-11(17)14(2)12(9-10(15)16)7-5-4-6-8-12/h3-9H2,1-2H3,(H,13,17)(H,15,16). The predicted octanol–water partition coefficient (Wildman–Crippen LogP) is 1.83. The van der Waals surface area contributed by atoms with Gasteiger partial charge in [-0.05, 0) is 19.8 Å². The van der Waals surface area contributed by atoms with E-state index < -0.39 is 11.5 Å². The smallest absolute Gasteiger partial charge is 0.317 e. The molecule has 1 rings (SSSR count). The number of urea groups is 1. The van der Waals surface area contributed by atoms with Crippen molar-refractivity contribution < 1.29 is 14.7 Å². The van der Waals surface area contributed by atoms with Crippen molar-refractivity contribution in [2.45, 2.75) is 51.0 Å². The number of rotatable bonds is 4. The SMILES string of the molecule is CCNC(=O)N(C)C1(CC(=O)O)CCCCC1. The predicted molar refractivity (Wildman–Crippen MR) is 64.9 cm³/mol. The normalized spacial score (nSPS) is 18.5. The summed E-state index contributed by atoms with van der Waals surface area (Å²) in [6.07, 6.45) is 4.74. The first-order chi connectivity index (χ1) is 8.02. The zero-order chi connectivity index (χ0) is 12.9. The lowest BCUT2D eigenvalue weighted by Crippen LogP contribution is -2.55. The van der Waals surface area contributed by atoms with Crippen molar-refractivity contribution in [3.05, 3.63) is 0 Å². The Morgan fingerprint density at radius 2 is 1.88 bits per heavy atom. The summed E-state index contributed by atoms with van der Waals surface area (Å²) in [7, 11) is 1.71. The third-order valence-corrected chi connectivity index (χ3v) is 3.61. The quantitative estimate of drug-likeness (QED) is 0.790. The maximum atomic E-state index is 11.9. The van der Waals surface area contributed by atoms with Crippen LogP contribution >= 0.6 is 0 Å². The van der Waals surface area contributed by atoms with Crippen LogP contribution in [0.3, 0.4) is 0 Å². The molecule has 0 bridgehead atoms. The number of carbonyl (C=O) groups excluding carboxylic acids is 1. The van der Waals surface area contributed by atoms with Gasteiger partial charge >= 0.3 is 12.0 Å². The number of aliphatic carboxylic acids is 1. The number of nitrogens with zero attached hydrogens (tertiary/aromatic N) is 1. The van der Waals surface area contributed by atoms with E-state index in [1.807, 2.05) is 6.92 Å². The Labute approximate surface area is 102 Å². The number of hydrogen-bond acceptors (Lipinski definition) is 2. The van der Waals surface area contributed by atoms with Gasteiger partial charge in [-0.2, -0.15) is 0 Å². The highest BCUT2D eigenvalue weighted by Gasteiger charge is 2.40. The highest BCUT2D eigenvalue weighted by molar-refractivity contribution is 5.76. The number of nitrogens with one attached hydrogen (secondary N) is 1. The van der Waals surface area contributed by atoms with Crippen LogP contribution in [0.1, 0.15) is 45.4 Å². The van der Waals surface area contributed by atoms with Crippen molar-refractivity contribution in [2.75, 3.05) is 13.6 Å². The Morgan fingerprint density at radius 1 is 1.29 bits per heavy atom. The monoisotopic (exact) mass is 242 g/mol. The van der Waals surface area contributed by atoms with Gasteiger partial charge in [0.2, 0.25) is 0 Å². The van der Waals surface area contributed by atoms with Gasteiger partial charge in [-0.1, -0.05) is 19.3 Å².